The minimum absolute atomic E-state index is 0.195. The first-order valence-electron chi connectivity index (χ1n) is 7.43. The summed E-state index contributed by atoms with van der Waals surface area (Å²) < 4.78 is 1.88. The van der Waals surface area contributed by atoms with Crippen molar-refractivity contribution >= 4 is 37.8 Å². The second-order valence-electron chi connectivity index (χ2n) is 5.88. The Morgan fingerprint density at radius 2 is 1.85 bits per heavy atom. The lowest BCUT2D eigenvalue weighted by Crippen LogP contribution is -2.49. The molecule has 0 bridgehead atoms. The predicted molar refractivity (Wildman–Crippen MR) is 87.9 cm³/mol. The van der Waals surface area contributed by atoms with E-state index in [1.165, 1.54) is 32.1 Å². The van der Waals surface area contributed by atoms with Gasteiger partial charge in [-0.3, -0.25) is 4.79 Å². The van der Waals surface area contributed by atoms with Gasteiger partial charge in [-0.05, 0) is 65.7 Å². The van der Waals surface area contributed by atoms with Gasteiger partial charge in [-0.1, -0.05) is 28.8 Å². The van der Waals surface area contributed by atoms with Gasteiger partial charge >= 0.3 is 0 Å². The fraction of sp³-hybridized carbons (Fsp3) is 0.562. The van der Waals surface area contributed by atoms with Gasteiger partial charge < -0.3 is 4.90 Å². The number of fused-ring (bicyclic) bond motifs is 1. The molecule has 0 aromatic heterocycles. The van der Waals surface area contributed by atoms with Crippen molar-refractivity contribution in [1.29, 1.82) is 0 Å². The van der Waals surface area contributed by atoms with Crippen molar-refractivity contribution in [3.05, 3.63) is 32.7 Å². The normalized spacial score (nSPS) is 26.2. The number of likely N-dealkylation sites (tertiary alicyclic amines) is 1. The van der Waals surface area contributed by atoms with E-state index in [2.05, 4.69) is 36.8 Å². The van der Waals surface area contributed by atoms with Crippen molar-refractivity contribution in [2.45, 2.75) is 44.6 Å². The monoisotopic (exact) mass is 399 g/mol. The third-order valence-corrected chi connectivity index (χ3v) is 5.81. The highest BCUT2D eigenvalue weighted by atomic mass is 79.9. The van der Waals surface area contributed by atoms with Crippen LogP contribution < -0.4 is 0 Å². The highest BCUT2D eigenvalue weighted by Crippen LogP contribution is 2.36. The van der Waals surface area contributed by atoms with Gasteiger partial charge in [0.2, 0.25) is 0 Å². The first kappa shape index (κ1) is 14.6. The van der Waals surface area contributed by atoms with E-state index in [0.717, 1.165) is 33.4 Å². The van der Waals surface area contributed by atoms with Gasteiger partial charge in [0.15, 0.2) is 0 Å². The maximum atomic E-state index is 12.9. The summed E-state index contributed by atoms with van der Waals surface area (Å²) in [4.78, 5) is 15.0. The van der Waals surface area contributed by atoms with Crippen LogP contribution in [0.5, 0.6) is 0 Å². The van der Waals surface area contributed by atoms with E-state index in [0.29, 0.717) is 6.04 Å². The number of halogens is 2. The molecule has 20 heavy (non-hydrogen) atoms. The average molecular weight is 401 g/mol. The fourth-order valence-electron chi connectivity index (χ4n) is 3.69. The minimum atomic E-state index is 0.195. The van der Waals surface area contributed by atoms with Crippen molar-refractivity contribution in [2.24, 2.45) is 5.92 Å². The van der Waals surface area contributed by atoms with Crippen LogP contribution in [0.15, 0.2) is 27.1 Å². The second-order valence-corrected chi connectivity index (χ2v) is 7.65. The number of carbonyl (C=O) groups excluding carboxylic acids is 1. The Morgan fingerprint density at radius 1 is 1.10 bits per heavy atom. The lowest BCUT2D eigenvalue weighted by molar-refractivity contribution is 0.0390. The average Bonchev–Trinajstić information content (AvgIpc) is 2.46. The van der Waals surface area contributed by atoms with Gasteiger partial charge in [0.25, 0.3) is 5.91 Å². The molecule has 0 N–H and O–H groups in total. The molecular formula is C16H19Br2NO. The fourth-order valence-corrected chi connectivity index (χ4v) is 4.91. The zero-order valence-corrected chi connectivity index (χ0v) is 14.6. The van der Waals surface area contributed by atoms with Crippen LogP contribution in [0.2, 0.25) is 0 Å². The quantitative estimate of drug-likeness (QED) is 0.648. The maximum Gasteiger partial charge on any atom is 0.255 e. The smallest absolute Gasteiger partial charge is 0.255 e. The zero-order chi connectivity index (χ0) is 14.1. The molecule has 1 aromatic rings. The Kier molecular flexibility index (Phi) is 4.51. The van der Waals surface area contributed by atoms with Gasteiger partial charge in [0.05, 0.1) is 5.56 Å². The Balaban J connectivity index is 1.85. The van der Waals surface area contributed by atoms with Crippen LogP contribution in [0.4, 0.5) is 0 Å². The molecule has 1 aromatic carbocycles. The van der Waals surface area contributed by atoms with E-state index in [-0.39, 0.29) is 5.91 Å². The number of piperidine rings is 1. The lowest BCUT2D eigenvalue weighted by Gasteiger charge is -2.44. The summed E-state index contributed by atoms with van der Waals surface area (Å²) in [6.07, 6.45) is 7.55. The summed E-state index contributed by atoms with van der Waals surface area (Å²) >= 11 is 6.97. The molecule has 2 fully saturated rings. The molecule has 1 heterocycles. The molecule has 0 spiro atoms. The van der Waals surface area contributed by atoms with Crippen LogP contribution in [0.25, 0.3) is 0 Å². The first-order chi connectivity index (χ1) is 9.66. The second kappa shape index (κ2) is 6.18. The molecule has 4 heteroatoms. The number of hydrogen-bond donors (Lipinski definition) is 0. The topological polar surface area (TPSA) is 20.3 Å². The van der Waals surface area contributed by atoms with E-state index < -0.39 is 0 Å². The summed E-state index contributed by atoms with van der Waals surface area (Å²) in [6.45, 7) is 0.919. The van der Waals surface area contributed by atoms with Crippen LogP contribution in [0, 0.1) is 5.92 Å². The molecule has 1 aliphatic carbocycles. The third kappa shape index (κ3) is 2.82. The number of amides is 1. The molecule has 3 rings (SSSR count). The van der Waals surface area contributed by atoms with Crippen molar-refractivity contribution in [3.63, 3.8) is 0 Å². The summed E-state index contributed by atoms with van der Waals surface area (Å²) in [5.41, 5.74) is 0.791. The summed E-state index contributed by atoms with van der Waals surface area (Å²) in [5.74, 6) is 0.927. The summed E-state index contributed by atoms with van der Waals surface area (Å²) in [6, 6.07) is 6.29. The Bertz CT molecular complexity index is 515. The van der Waals surface area contributed by atoms with Gasteiger partial charge in [-0.15, -0.1) is 0 Å². The van der Waals surface area contributed by atoms with E-state index in [1.807, 2.05) is 18.2 Å². The van der Waals surface area contributed by atoms with Gasteiger partial charge in [-0.2, -0.15) is 0 Å². The molecule has 1 saturated heterocycles. The standard InChI is InChI=1S/C16H19Br2NO/c17-12-7-8-13(14(18)10-12)16(20)19-9-3-5-11-4-1-2-6-15(11)19/h7-8,10-11,15H,1-6,9H2. The summed E-state index contributed by atoms with van der Waals surface area (Å²) in [7, 11) is 0. The molecule has 1 saturated carbocycles. The number of hydrogen-bond acceptors (Lipinski definition) is 1. The van der Waals surface area contributed by atoms with Crippen LogP contribution in [-0.2, 0) is 0 Å². The molecule has 1 amide bonds. The Hall–Kier alpha value is -0.350. The SMILES string of the molecule is O=C(c1ccc(Br)cc1Br)N1CCCC2CCCCC21. The van der Waals surface area contributed by atoms with E-state index >= 15 is 0 Å². The van der Waals surface area contributed by atoms with Crippen molar-refractivity contribution in [3.8, 4) is 0 Å². The number of rotatable bonds is 1. The Labute approximate surface area is 137 Å². The van der Waals surface area contributed by atoms with Crippen molar-refractivity contribution in [2.75, 3.05) is 6.54 Å². The third-order valence-electron chi connectivity index (χ3n) is 4.67. The Morgan fingerprint density at radius 3 is 2.65 bits per heavy atom. The van der Waals surface area contributed by atoms with E-state index in [9.17, 15) is 4.79 Å². The largest absolute Gasteiger partial charge is 0.335 e. The number of benzene rings is 1. The molecular weight excluding hydrogens is 382 g/mol. The van der Waals surface area contributed by atoms with Gasteiger partial charge in [0, 0.05) is 21.5 Å². The van der Waals surface area contributed by atoms with E-state index in [1.54, 1.807) is 0 Å². The molecule has 2 aliphatic rings. The summed E-state index contributed by atoms with van der Waals surface area (Å²) in [5, 5.41) is 0. The van der Waals surface area contributed by atoms with Gasteiger partial charge in [-0.25, -0.2) is 0 Å². The number of nitrogens with zero attached hydrogens (tertiary/aromatic N) is 1. The van der Waals surface area contributed by atoms with Crippen LogP contribution in [-0.4, -0.2) is 23.4 Å². The molecule has 0 radical (unpaired) electrons. The minimum Gasteiger partial charge on any atom is -0.335 e. The zero-order valence-electron chi connectivity index (χ0n) is 11.4. The molecule has 108 valence electrons. The lowest BCUT2D eigenvalue weighted by atomic mass is 9.78. The van der Waals surface area contributed by atoms with Crippen molar-refractivity contribution in [1.82, 2.24) is 4.90 Å². The predicted octanol–water partition coefficient (Wildman–Crippen LogP) is 5.01. The van der Waals surface area contributed by atoms with Crippen LogP contribution >= 0.6 is 31.9 Å². The van der Waals surface area contributed by atoms with Gasteiger partial charge in [0.1, 0.15) is 0 Å². The highest BCUT2D eigenvalue weighted by molar-refractivity contribution is 9.11. The van der Waals surface area contributed by atoms with Crippen LogP contribution in [0.3, 0.4) is 0 Å². The van der Waals surface area contributed by atoms with E-state index in [4.69, 9.17) is 0 Å². The first-order valence-corrected chi connectivity index (χ1v) is 9.01. The molecule has 2 unspecified atom stereocenters. The van der Waals surface area contributed by atoms with Crippen LogP contribution in [0.1, 0.15) is 48.9 Å². The molecule has 2 atom stereocenters. The highest BCUT2D eigenvalue weighted by Gasteiger charge is 2.36. The maximum absolute atomic E-state index is 12.9. The van der Waals surface area contributed by atoms with Crippen molar-refractivity contribution < 1.29 is 4.79 Å². The molecule has 1 aliphatic heterocycles. The number of carbonyl (C=O) groups is 1. The molecule has 2 nitrogen and oxygen atoms in total.